The quantitative estimate of drug-likeness (QED) is 0.0737. The molecule has 2 saturated carbocycles. The van der Waals surface area contributed by atoms with Crippen LogP contribution in [0.4, 0.5) is 17.6 Å². The average Bonchev–Trinajstić information content (AvgIpc) is 3.79. The summed E-state index contributed by atoms with van der Waals surface area (Å²) < 4.78 is 2.00. The highest BCUT2D eigenvalue weighted by molar-refractivity contribution is 6.08. The molecule has 3 aliphatic carbocycles. The molecule has 3 unspecified atom stereocenters. The van der Waals surface area contributed by atoms with Crippen molar-refractivity contribution >= 4 is 47.5 Å². The Morgan fingerprint density at radius 3 is 2.35 bits per heavy atom. The Hall–Kier alpha value is -4.24. The monoisotopic (exact) mass is 899 g/mol. The molecule has 1 amide bonds. The van der Waals surface area contributed by atoms with Crippen LogP contribution in [0.3, 0.4) is 0 Å². The van der Waals surface area contributed by atoms with E-state index in [1.165, 1.54) is 61.8 Å². The highest BCUT2D eigenvalue weighted by Crippen LogP contribution is 2.54. The van der Waals surface area contributed by atoms with E-state index in [4.69, 9.17) is 9.78 Å². The molecule has 2 aromatic heterocycles. The van der Waals surface area contributed by atoms with Gasteiger partial charge in [0.1, 0.15) is 18.9 Å². The van der Waals surface area contributed by atoms with E-state index in [-0.39, 0.29) is 18.1 Å². The molecule has 5 heterocycles. The van der Waals surface area contributed by atoms with Crippen LogP contribution in [0.2, 0.25) is 0 Å². The number of aliphatic hydroxyl groups excluding tert-OH is 1. The maximum atomic E-state index is 13.4. The molecule has 2 saturated heterocycles. The fourth-order valence-electron chi connectivity index (χ4n) is 10.9. The number of rotatable bonds is 11. The summed E-state index contributed by atoms with van der Waals surface area (Å²) in [5.41, 5.74) is 3.33. The van der Waals surface area contributed by atoms with E-state index in [9.17, 15) is 14.7 Å². The molecule has 14 nitrogen and oxygen atoms in total. The molecule has 1 aromatic carbocycles. The predicted molar refractivity (Wildman–Crippen MR) is 265 cm³/mol. The number of nitrogens with zero attached hydrogens (tertiary/aromatic N) is 6. The van der Waals surface area contributed by atoms with Gasteiger partial charge in [0.05, 0.1) is 17.0 Å². The van der Waals surface area contributed by atoms with Crippen LogP contribution in [0.15, 0.2) is 36.5 Å². The third kappa shape index (κ3) is 12.6. The van der Waals surface area contributed by atoms with Gasteiger partial charge < -0.3 is 40.9 Å². The highest BCUT2D eigenvalue weighted by Gasteiger charge is 2.57. The van der Waals surface area contributed by atoms with E-state index in [2.05, 4.69) is 80.4 Å². The van der Waals surface area contributed by atoms with Crippen LogP contribution in [0.5, 0.6) is 0 Å². The van der Waals surface area contributed by atoms with Crippen LogP contribution in [-0.4, -0.2) is 120 Å². The lowest BCUT2D eigenvalue weighted by Crippen LogP contribution is -2.50. The Morgan fingerprint density at radius 1 is 1.00 bits per heavy atom. The predicted octanol–water partition coefficient (Wildman–Crippen LogP) is 7.38. The van der Waals surface area contributed by atoms with Gasteiger partial charge in [-0.15, -0.1) is 0 Å². The third-order valence-electron chi connectivity index (χ3n) is 14.6. The zero-order valence-corrected chi connectivity index (χ0v) is 40.8. The largest absolute Gasteiger partial charge is 0.393 e. The molecule has 4 fully saturated rings. The molecule has 3 aliphatic heterocycles. The molecule has 6 aliphatic rings. The minimum absolute atomic E-state index is 0.0570. The van der Waals surface area contributed by atoms with Crippen LogP contribution in [0, 0.1) is 17.8 Å². The van der Waals surface area contributed by atoms with Crippen molar-refractivity contribution in [2.24, 2.45) is 24.8 Å². The number of hydrogen-bond acceptors (Lipinski definition) is 12. The molecule has 65 heavy (non-hydrogen) atoms. The van der Waals surface area contributed by atoms with E-state index >= 15 is 0 Å². The Kier molecular flexibility index (Phi) is 20.4. The van der Waals surface area contributed by atoms with Crippen molar-refractivity contribution in [3.05, 3.63) is 47.7 Å². The van der Waals surface area contributed by atoms with Crippen molar-refractivity contribution in [3.8, 4) is 0 Å². The van der Waals surface area contributed by atoms with Crippen LogP contribution in [0.1, 0.15) is 135 Å². The van der Waals surface area contributed by atoms with Gasteiger partial charge in [0.25, 0.3) is 0 Å². The van der Waals surface area contributed by atoms with E-state index in [0.29, 0.717) is 30.7 Å². The Labute approximate surface area is 389 Å². The summed E-state index contributed by atoms with van der Waals surface area (Å²) in [5.74, 6) is 5.64. The second-order valence-electron chi connectivity index (χ2n) is 18.7. The summed E-state index contributed by atoms with van der Waals surface area (Å²) in [6.45, 7) is 17.3. The van der Waals surface area contributed by atoms with E-state index in [0.717, 1.165) is 112 Å². The number of aldehydes is 1. The van der Waals surface area contributed by atoms with Gasteiger partial charge in [0.2, 0.25) is 11.9 Å². The molecule has 0 radical (unpaired) electrons. The molecule has 14 heteroatoms. The number of nitrogens with one attached hydrogen (secondary N) is 4. The van der Waals surface area contributed by atoms with Crippen LogP contribution < -0.4 is 26.2 Å². The van der Waals surface area contributed by atoms with Gasteiger partial charge in [-0.3, -0.25) is 14.4 Å². The molecular formula is C51H82N10O4. The van der Waals surface area contributed by atoms with Gasteiger partial charge in [-0.1, -0.05) is 52.3 Å². The lowest BCUT2D eigenvalue weighted by Gasteiger charge is -2.39. The minimum atomic E-state index is -0.398. The van der Waals surface area contributed by atoms with Crippen molar-refractivity contribution in [1.82, 2.24) is 35.3 Å². The van der Waals surface area contributed by atoms with Gasteiger partial charge in [-0.25, -0.2) is 4.98 Å². The third-order valence-corrected chi connectivity index (χ3v) is 14.6. The van der Waals surface area contributed by atoms with Crippen LogP contribution in [-0.2, 0) is 26.8 Å². The molecule has 3 aromatic rings. The fourth-order valence-corrected chi connectivity index (χ4v) is 10.9. The van der Waals surface area contributed by atoms with Gasteiger partial charge in [0.15, 0.2) is 5.82 Å². The standard InChI is InChI=1S/C24H36N4.C20H29N5O2.C4H9NO.C2H6.CH2O/c1-5-18-7-6-17(2)14-21(18)16-28-12-10-19(11-13-28)20-8-9-22-23(15-20)27(4)26-24(22)25-3;26-15-4-1-3-14(11-15)25-17-16(20(18(25)27)7-2-8-20)12-22-19(24-17)23-13-5-9-21-10-6-13;1-5-3-2-4-6;2*1-2/h6-9,15,17-19,21H,5,10-14,16H2,1-4H3,(H,25,26);12-15,21,26H,1-11H2,(H,22,23,24);4-5H,2-3H2,1H3;1-2H3;1H2/t17?,18-,21?;14?,15-;;;/m11.../s1. The smallest absolute Gasteiger partial charge is 0.239 e. The number of carbonyl (C=O) groups is 3. The molecule has 360 valence electrons. The number of fused-ring (bicyclic) bond motifs is 3. The van der Waals surface area contributed by atoms with Gasteiger partial charge in [-0.05, 0) is 152 Å². The van der Waals surface area contributed by atoms with Crippen molar-refractivity contribution in [3.63, 3.8) is 0 Å². The number of likely N-dealkylation sites (tertiary alicyclic amines) is 1. The summed E-state index contributed by atoms with van der Waals surface area (Å²) in [6.07, 6.45) is 21.6. The van der Waals surface area contributed by atoms with Crippen LogP contribution in [0.25, 0.3) is 10.9 Å². The Balaban J connectivity index is 0.000000204. The SMILES string of the molecule is C=O.CC.CC[C@@H]1C=CC(C)CC1CN1CCC(c2ccc3c(NC)nn(C)c3c2)CC1.CNCCC=O.O=C1N(C2CCC[C@@H](O)C2)c2nc(NC3CCNCC3)ncc2C12CCC2. The van der Waals surface area contributed by atoms with Crippen LogP contribution >= 0.6 is 0 Å². The number of aromatic nitrogens is 4. The number of amides is 1. The topological polar surface area (TPSA) is 170 Å². The minimum Gasteiger partial charge on any atom is -0.393 e. The molecule has 1 spiro atoms. The number of hydrogen-bond donors (Lipinski definition) is 5. The summed E-state index contributed by atoms with van der Waals surface area (Å²) in [6, 6.07) is 7.37. The molecular weight excluding hydrogens is 817 g/mol. The van der Waals surface area contributed by atoms with Crippen molar-refractivity contribution in [1.29, 1.82) is 0 Å². The fraction of sp³-hybridized carbons (Fsp3) is 0.686. The molecule has 0 bridgehead atoms. The van der Waals surface area contributed by atoms with E-state index < -0.39 is 5.41 Å². The Bertz CT molecular complexity index is 1950. The summed E-state index contributed by atoms with van der Waals surface area (Å²) >= 11 is 0. The first kappa shape index (κ1) is 51.7. The number of piperidine rings is 2. The maximum absolute atomic E-state index is 13.4. The number of allylic oxidation sites excluding steroid dienone is 2. The maximum Gasteiger partial charge on any atom is 0.239 e. The molecule has 5 N–H and O–H groups in total. The number of anilines is 3. The van der Waals surface area contributed by atoms with E-state index in [1.807, 2.05) is 57.6 Å². The van der Waals surface area contributed by atoms with Crippen molar-refractivity contribution < 1.29 is 19.5 Å². The first-order chi connectivity index (χ1) is 31.7. The average molecular weight is 899 g/mol. The number of aryl methyl sites for hydroxylation is 1. The number of benzene rings is 1. The lowest BCUT2D eigenvalue weighted by atomic mass is 9.66. The first-order valence-corrected chi connectivity index (χ1v) is 25.0. The lowest BCUT2D eigenvalue weighted by molar-refractivity contribution is -0.126. The molecule has 9 rings (SSSR count). The first-order valence-electron chi connectivity index (χ1n) is 25.0. The van der Waals surface area contributed by atoms with Gasteiger partial charge in [-0.2, -0.15) is 10.1 Å². The van der Waals surface area contributed by atoms with Gasteiger partial charge in [0, 0.05) is 62.8 Å². The van der Waals surface area contributed by atoms with E-state index in [1.54, 1.807) is 0 Å². The highest BCUT2D eigenvalue weighted by atomic mass is 16.3. The summed E-state index contributed by atoms with van der Waals surface area (Å²) in [7, 11) is 5.81. The summed E-state index contributed by atoms with van der Waals surface area (Å²) in [5, 5.41) is 28.8. The number of carbonyl (C=O) groups excluding carboxylic acids is 3. The second kappa shape index (κ2) is 25.6. The zero-order valence-electron chi connectivity index (χ0n) is 40.8. The van der Waals surface area contributed by atoms with Gasteiger partial charge >= 0.3 is 0 Å². The Morgan fingerprint density at radius 2 is 1.74 bits per heavy atom. The van der Waals surface area contributed by atoms with Crippen molar-refractivity contribution in [2.45, 2.75) is 147 Å². The molecule has 5 atom stereocenters. The zero-order chi connectivity index (χ0) is 46.9. The normalized spacial score (nSPS) is 25.0. The number of aliphatic hydroxyl groups is 1. The summed E-state index contributed by atoms with van der Waals surface area (Å²) in [4.78, 5) is 45.0. The van der Waals surface area contributed by atoms with Crippen molar-refractivity contribution in [2.75, 3.05) is 68.9 Å². The second-order valence-corrected chi connectivity index (χ2v) is 18.7.